The van der Waals surface area contributed by atoms with E-state index in [1.807, 2.05) is 24.4 Å². The summed E-state index contributed by atoms with van der Waals surface area (Å²) in [5.74, 6) is 0.304. The lowest BCUT2D eigenvalue weighted by Crippen LogP contribution is -2.38. The molecule has 5 rings (SSSR count). The first-order valence-corrected chi connectivity index (χ1v) is 10.7. The van der Waals surface area contributed by atoms with Crippen LogP contribution in [-0.4, -0.2) is 55.2 Å². The smallest absolute Gasteiger partial charge is 0.272 e. The summed E-state index contributed by atoms with van der Waals surface area (Å²) in [5, 5.41) is 17.7. The zero-order valence-corrected chi connectivity index (χ0v) is 15.8. The van der Waals surface area contributed by atoms with Gasteiger partial charge in [-0.15, -0.1) is 10.2 Å². The first-order valence-electron chi connectivity index (χ1n) is 9.16. The van der Waals surface area contributed by atoms with Gasteiger partial charge in [-0.3, -0.25) is 14.3 Å². The number of carbonyl (C=O) groups is 1. The predicted octanol–water partition coefficient (Wildman–Crippen LogP) is 0.233. The Bertz CT molecular complexity index is 1160. The molecule has 3 aromatic rings. The maximum Gasteiger partial charge on any atom is 0.272 e. The monoisotopic (exact) mass is 401 g/mol. The maximum atomic E-state index is 12.6. The number of sulfonamides is 1. The number of fused-ring (bicyclic) bond motifs is 2. The first kappa shape index (κ1) is 17.3. The summed E-state index contributed by atoms with van der Waals surface area (Å²) in [4.78, 5) is 12.6. The Morgan fingerprint density at radius 2 is 2.14 bits per heavy atom. The third kappa shape index (κ3) is 2.87. The quantitative estimate of drug-likeness (QED) is 0.631. The summed E-state index contributed by atoms with van der Waals surface area (Å²) in [5.41, 5.74) is 2.49. The summed E-state index contributed by atoms with van der Waals surface area (Å²) < 4.78 is 28.2. The summed E-state index contributed by atoms with van der Waals surface area (Å²) in [6.45, 7) is 0.831. The third-order valence-corrected chi connectivity index (χ3v) is 7.56. The fraction of sp³-hybridized carbons (Fsp3) is 0.412. The molecule has 1 saturated carbocycles. The lowest BCUT2D eigenvalue weighted by Gasteiger charge is -2.26. The Hall–Kier alpha value is -2.79. The topological polar surface area (TPSA) is 125 Å². The molecule has 0 radical (unpaired) electrons. The van der Waals surface area contributed by atoms with Gasteiger partial charge >= 0.3 is 0 Å². The second-order valence-corrected chi connectivity index (χ2v) is 9.30. The molecule has 2 aliphatic rings. The summed E-state index contributed by atoms with van der Waals surface area (Å²) in [6, 6.07) is 5.58. The summed E-state index contributed by atoms with van der Waals surface area (Å²) in [6.07, 6.45) is 3.77. The maximum absolute atomic E-state index is 12.6. The molecule has 0 saturated heterocycles. The van der Waals surface area contributed by atoms with Crippen molar-refractivity contribution in [2.45, 2.75) is 37.6 Å². The number of aromatic amines is 1. The van der Waals surface area contributed by atoms with Crippen molar-refractivity contribution in [3.8, 4) is 0 Å². The van der Waals surface area contributed by atoms with Crippen molar-refractivity contribution in [1.29, 1.82) is 0 Å². The lowest BCUT2D eigenvalue weighted by atomic mass is 10.1. The molecule has 146 valence electrons. The van der Waals surface area contributed by atoms with Crippen LogP contribution < -0.4 is 5.32 Å². The molecule has 1 amide bonds. The van der Waals surface area contributed by atoms with E-state index >= 15 is 0 Å². The minimum absolute atomic E-state index is 0.216. The number of rotatable bonds is 5. The van der Waals surface area contributed by atoms with Gasteiger partial charge in [-0.05, 0) is 31.4 Å². The average Bonchev–Trinajstić information content (AvgIpc) is 3.37. The largest absolute Gasteiger partial charge is 0.343 e. The van der Waals surface area contributed by atoms with Crippen molar-refractivity contribution >= 4 is 21.6 Å². The van der Waals surface area contributed by atoms with Crippen LogP contribution in [-0.2, 0) is 29.5 Å². The Morgan fingerprint density at radius 1 is 1.29 bits per heavy atom. The molecule has 2 N–H and O–H groups in total. The SMILES string of the molecule is O=C(NCc1nnc2ccccn12)c1n[nH]c2c1CCN(S(=O)(=O)C1CC1)C2. The van der Waals surface area contributed by atoms with Gasteiger partial charge in [0.1, 0.15) is 0 Å². The van der Waals surface area contributed by atoms with Crippen LogP contribution in [0.25, 0.3) is 5.65 Å². The van der Waals surface area contributed by atoms with Crippen molar-refractivity contribution in [2.24, 2.45) is 0 Å². The van der Waals surface area contributed by atoms with E-state index < -0.39 is 10.0 Å². The van der Waals surface area contributed by atoms with E-state index in [1.54, 1.807) is 4.40 Å². The highest BCUT2D eigenvalue weighted by molar-refractivity contribution is 7.90. The highest BCUT2D eigenvalue weighted by Crippen LogP contribution is 2.33. The van der Waals surface area contributed by atoms with E-state index in [1.165, 1.54) is 4.31 Å². The van der Waals surface area contributed by atoms with E-state index in [0.717, 1.165) is 18.4 Å². The first-order chi connectivity index (χ1) is 13.5. The Labute approximate surface area is 161 Å². The number of pyridine rings is 1. The molecule has 1 aliphatic carbocycles. The number of amides is 1. The normalized spacial score (nSPS) is 17.6. The Morgan fingerprint density at radius 3 is 2.96 bits per heavy atom. The highest BCUT2D eigenvalue weighted by Gasteiger charge is 2.41. The van der Waals surface area contributed by atoms with Crippen LogP contribution in [0.15, 0.2) is 24.4 Å². The number of nitrogens with zero attached hydrogens (tertiary/aromatic N) is 5. The molecule has 3 aromatic heterocycles. The number of hydrogen-bond donors (Lipinski definition) is 2. The van der Waals surface area contributed by atoms with Crippen LogP contribution in [0.5, 0.6) is 0 Å². The van der Waals surface area contributed by atoms with Crippen LogP contribution in [0.1, 0.15) is 40.4 Å². The molecule has 0 atom stereocenters. The van der Waals surface area contributed by atoms with E-state index in [4.69, 9.17) is 0 Å². The fourth-order valence-electron chi connectivity index (χ4n) is 3.53. The average molecular weight is 401 g/mol. The van der Waals surface area contributed by atoms with Crippen molar-refractivity contribution in [2.75, 3.05) is 6.54 Å². The zero-order valence-electron chi connectivity index (χ0n) is 15.0. The molecule has 28 heavy (non-hydrogen) atoms. The molecular weight excluding hydrogens is 382 g/mol. The van der Waals surface area contributed by atoms with E-state index in [-0.39, 0.29) is 24.2 Å². The number of nitrogens with one attached hydrogen (secondary N) is 2. The van der Waals surface area contributed by atoms with Gasteiger partial charge in [0.15, 0.2) is 17.2 Å². The number of aromatic nitrogens is 5. The highest BCUT2D eigenvalue weighted by atomic mass is 32.2. The molecule has 11 heteroatoms. The third-order valence-electron chi connectivity index (χ3n) is 5.21. The molecule has 0 bridgehead atoms. The Kier molecular flexibility index (Phi) is 3.95. The lowest BCUT2D eigenvalue weighted by molar-refractivity contribution is 0.0943. The van der Waals surface area contributed by atoms with Crippen LogP contribution in [0.2, 0.25) is 0 Å². The number of H-pyrrole nitrogens is 1. The van der Waals surface area contributed by atoms with Gasteiger partial charge in [0.05, 0.1) is 24.0 Å². The number of carbonyl (C=O) groups excluding carboxylic acids is 1. The van der Waals surface area contributed by atoms with Gasteiger partial charge in [-0.1, -0.05) is 6.07 Å². The van der Waals surface area contributed by atoms with Gasteiger partial charge in [-0.2, -0.15) is 9.40 Å². The molecule has 10 nitrogen and oxygen atoms in total. The van der Waals surface area contributed by atoms with Gasteiger partial charge in [0.25, 0.3) is 5.91 Å². The van der Waals surface area contributed by atoms with E-state index in [2.05, 4.69) is 25.7 Å². The zero-order chi connectivity index (χ0) is 19.3. The van der Waals surface area contributed by atoms with E-state index in [0.29, 0.717) is 35.8 Å². The van der Waals surface area contributed by atoms with Crippen molar-refractivity contribution in [1.82, 2.24) is 34.4 Å². The number of hydrogen-bond acceptors (Lipinski definition) is 6. The minimum atomic E-state index is -3.24. The molecule has 1 aliphatic heterocycles. The molecule has 1 fully saturated rings. The van der Waals surface area contributed by atoms with Crippen molar-refractivity contribution in [3.63, 3.8) is 0 Å². The fourth-order valence-corrected chi connectivity index (χ4v) is 5.34. The molecule has 0 aromatic carbocycles. The van der Waals surface area contributed by atoms with Crippen LogP contribution in [0.3, 0.4) is 0 Å². The molecule has 0 spiro atoms. The second kappa shape index (κ2) is 6.38. The van der Waals surface area contributed by atoms with Gasteiger partial charge < -0.3 is 5.32 Å². The van der Waals surface area contributed by atoms with Crippen LogP contribution >= 0.6 is 0 Å². The summed E-state index contributed by atoms with van der Waals surface area (Å²) in [7, 11) is -3.24. The van der Waals surface area contributed by atoms with Gasteiger partial charge in [0, 0.05) is 18.3 Å². The van der Waals surface area contributed by atoms with Crippen LogP contribution in [0, 0.1) is 0 Å². The summed E-state index contributed by atoms with van der Waals surface area (Å²) >= 11 is 0. The van der Waals surface area contributed by atoms with Gasteiger partial charge in [-0.25, -0.2) is 8.42 Å². The second-order valence-electron chi connectivity index (χ2n) is 7.08. The van der Waals surface area contributed by atoms with Crippen molar-refractivity contribution < 1.29 is 13.2 Å². The molecule has 0 unspecified atom stereocenters. The minimum Gasteiger partial charge on any atom is -0.343 e. The molecular formula is C17H19N7O3S. The molecule has 4 heterocycles. The van der Waals surface area contributed by atoms with E-state index in [9.17, 15) is 13.2 Å². The standard InChI is InChI=1S/C17H19N7O3S/c25-17(18-9-15-21-20-14-3-1-2-7-24(14)15)16-12-6-8-23(10-13(12)19-22-16)28(26,27)11-4-5-11/h1-3,7,11H,4-6,8-10H2,(H,18,25)(H,19,22). The van der Waals surface area contributed by atoms with Gasteiger partial charge in [0.2, 0.25) is 10.0 Å². The predicted molar refractivity (Wildman–Crippen MR) is 98.8 cm³/mol. The van der Waals surface area contributed by atoms with Crippen LogP contribution in [0.4, 0.5) is 0 Å². The van der Waals surface area contributed by atoms with Crippen molar-refractivity contribution in [3.05, 3.63) is 47.2 Å². The Balaban J connectivity index is 1.30.